The first-order chi connectivity index (χ1) is 13.3. The molecule has 3 unspecified atom stereocenters. The fourth-order valence-electron chi connectivity index (χ4n) is 3.11. The molecule has 1 aromatic carbocycles. The van der Waals surface area contributed by atoms with Gasteiger partial charge in [-0.2, -0.15) is 0 Å². The van der Waals surface area contributed by atoms with E-state index >= 15 is 0 Å². The Hall–Kier alpha value is -1.82. The number of carbonyl (C=O) groups excluding carboxylic acids is 1. The molecule has 0 aliphatic heterocycles. The summed E-state index contributed by atoms with van der Waals surface area (Å²) < 4.78 is 11.8. The number of ether oxygens (including phenoxy) is 1. The molecule has 5 heteroatoms. The maximum absolute atomic E-state index is 10.8. The van der Waals surface area contributed by atoms with Crippen LogP contribution in [0.2, 0.25) is 0 Å². The molecule has 0 fully saturated rings. The Bertz CT molecular complexity index is 679. The molecule has 0 spiro atoms. The smallest absolute Gasteiger partial charge is 0.293 e. The van der Waals surface area contributed by atoms with Gasteiger partial charge in [-0.3, -0.25) is 4.79 Å². The largest absolute Gasteiger partial charge is 0.463 e. The van der Waals surface area contributed by atoms with Crippen LogP contribution in [-0.2, 0) is 13.7 Å². The lowest BCUT2D eigenvalue weighted by molar-refractivity contribution is -0.134. The lowest BCUT2D eigenvalue weighted by Crippen LogP contribution is -2.42. The van der Waals surface area contributed by atoms with E-state index in [9.17, 15) is 4.79 Å². The van der Waals surface area contributed by atoms with Gasteiger partial charge in [0.05, 0.1) is 12.6 Å². The van der Waals surface area contributed by atoms with E-state index in [2.05, 4.69) is 50.9 Å². The van der Waals surface area contributed by atoms with E-state index < -0.39 is 10.3 Å². The Morgan fingerprint density at radius 1 is 1.29 bits per heavy atom. The van der Waals surface area contributed by atoms with Gasteiger partial charge in [0.15, 0.2) is 0 Å². The van der Waals surface area contributed by atoms with E-state index in [-0.39, 0.29) is 16.9 Å². The van der Waals surface area contributed by atoms with Crippen LogP contribution in [0.5, 0.6) is 0 Å². The number of benzene rings is 1. The van der Waals surface area contributed by atoms with E-state index in [0.717, 1.165) is 9.80 Å². The number of likely N-dealkylation sites (N-methyl/N-ethyl adjacent to an activating group) is 1. The lowest BCUT2D eigenvalue weighted by atomic mass is 10.2. The van der Waals surface area contributed by atoms with Crippen LogP contribution in [0.4, 0.5) is 0 Å². The highest BCUT2D eigenvalue weighted by Crippen LogP contribution is 2.71. The summed E-state index contributed by atoms with van der Waals surface area (Å²) >= 11 is 0. The molecule has 0 amide bonds. The predicted molar refractivity (Wildman–Crippen MR) is 121 cm³/mol. The zero-order chi connectivity index (χ0) is 21.2. The number of hydrogen-bond donors (Lipinski definition) is 1. The normalized spacial score (nSPS) is 18.1. The number of rotatable bonds is 11. The zero-order valence-corrected chi connectivity index (χ0v) is 18.8. The molecule has 1 aromatic rings. The van der Waals surface area contributed by atoms with E-state index in [1.807, 2.05) is 57.3 Å². The maximum Gasteiger partial charge on any atom is 0.293 e. The molecule has 0 saturated heterocycles. The molecule has 156 valence electrons. The molecule has 0 aliphatic rings. The van der Waals surface area contributed by atoms with E-state index in [4.69, 9.17) is 8.92 Å². The van der Waals surface area contributed by atoms with Gasteiger partial charge in [-0.15, -0.1) is 0 Å². The summed E-state index contributed by atoms with van der Waals surface area (Å²) in [5, 5.41) is 3.21. The van der Waals surface area contributed by atoms with Gasteiger partial charge in [0, 0.05) is 14.5 Å². The first-order valence-corrected chi connectivity index (χ1v) is 11.1. The standard InChI is InChI=1S/C23H35NO3S/c1-8-13-20(14-9-2)28(23(4,5)6,21-15-11-10-12-16-21)27-17-22(24-7)19(3)26-18-25/h8-16,18-19,22,24H,1,17H2,2-7H3/b14-9-,20-13+. The van der Waals surface area contributed by atoms with Gasteiger partial charge in [0.2, 0.25) is 0 Å². The number of carbonyl (C=O) groups is 1. The van der Waals surface area contributed by atoms with Crippen molar-refractivity contribution in [3.63, 3.8) is 0 Å². The highest BCUT2D eigenvalue weighted by atomic mass is 32.3. The van der Waals surface area contributed by atoms with Crippen LogP contribution in [0.15, 0.2) is 71.0 Å². The second kappa shape index (κ2) is 11.2. The molecule has 28 heavy (non-hydrogen) atoms. The third-order valence-electron chi connectivity index (χ3n) is 4.51. The van der Waals surface area contributed by atoms with Crippen molar-refractivity contribution in [3.8, 4) is 0 Å². The summed E-state index contributed by atoms with van der Waals surface area (Å²) in [6.45, 7) is 15.3. The van der Waals surface area contributed by atoms with Crippen molar-refractivity contribution >= 4 is 16.8 Å². The summed E-state index contributed by atoms with van der Waals surface area (Å²) in [6.07, 6.45) is 7.68. The third-order valence-corrected chi connectivity index (χ3v) is 8.60. The second-order valence-corrected chi connectivity index (χ2v) is 10.9. The molecule has 0 saturated carbocycles. The molecule has 4 nitrogen and oxygen atoms in total. The fourth-order valence-corrected chi connectivity index (χ4v) is 6.93. The fraction of sp³-hybridized carbons (Fsp3) is 0.435. The van der Waals surface area contributed by atoms with Crippen molar-refractivity contribution < 1.29 is 13.7 Å². The molecule has 0 aliphatic carbocycles. The van der Waals surface area contributed by atoms with Crippen molar-refractivity contribution in [2.24, 2.45) is 0 Å². The van der Waals surface area contributed by atoms with Crippen LogP contribution in [-0.4, -0.2) is 37.0 Å². The Labute approximate surface area is 172 Å². The molecule has 0 bridgehead atoms. The minimum Gasteiger partial charge on any atom is -0.463 e. The van der Waals surface area contributed by atoms with Gasteiger partial charge in [0.25, 0.3) is 6.47 Å². The minimum atomic E-state index is -1.89. The predicted octanol–water partition coefficient (Wildman–Crippen LogP) is 5.38. The van der Waals surface area contributed by atoms with Gasteiger partial charge in [-0.1, -0.05) is 53.3 Å². The Morgan fingerprint density at radius 3 is 2.39 bits per heavy atom. The Kier molecular flexibility index (Phi) is 9.73. The van der Waals surface area contributed by atoms with Gasteiger partial charge >= 0.3 is 0 Å². The summed E-state index contributed by atoms with van der Waals surface area (Å²) in [5.41, 5.74) is 0. The molecule has 0 heterocycles. The summed E-state index contributed by atoms with van der Waals surface area (Å²) in [7, 11) is -0.0419. The lowest BCUT2D eigenvalue weighted by Gasteiger charge is -2.51. The molecule has 1 rings (SSSR count). The average Bonchev–Trinajstić information content (AvgIpc) is 2.65. The third kappa shape index (κ3) is 5.60. The highest BCUT2D eigenvalue weighted by molar-refractivity contribution is 8.34. The van der Waals surface area contributed by atoms with Crippen LogP contribution in [0.3, 0.4) is 0 Å². The van der Waals surface area contributed by atoms with E-state index in [1.54, 1.807) is 0 Å². The highest BCUT2D eigenvalue weighted by Gasteiger charge is 2.42. The van der Waals surface area contributed by atoms with Crippen LogP contribution >= 0.6 is 10.3 Å². The average molecular weight is 406 g/mol. The molecule has 3 atom stereocenters. The molecule has 0 aromatic heterocycles. The first-order valence-electron chi connectivity index (χ1n) is 9.52. The van der Waals surface area contributed by atoms with Gasteiger partial charge in [-0.05, 0) is 59.9 Å². The van der Waals surface area contributed by atoms with Crippen molar-refractivity contribution in [1.82, 2.24) is 5.32 Å². The van der Waals surface area contributed by atoms with Crippen LogP contribution in [0.25, 0.3) is 0 Å². The topological polar surface area (TPSA) is 47.6 Å². The molecule has 1 N–H and O–H groups in total. The number of nitrogens with one attached hydrogen (secondary N) is 1. The Morgan fingerprint density at radius 2 is 1.93 bits per heavy atom. The SMILES string of the molecule is C=C/C=C(\C=C/C)S(OCC(NC)C(C)OC=O)(c1ccccc1)C(C)(C)C. The Balaban J connectivity index is 3.55. The van der Waals surface area contributed by atoms with E-state index in [1.165, 1.54) is 0 Å². The number of hydrogen-bond acceptors (Lipinski definition) is 4. The van der Waals surface area contributed by atoms with E-state index in [0.29, 0.717) is 13.1 Å². The summed E-state index contributed by atoms with van der Waals surface area (Å²) in [5.74, 6) is 0. The van der Waals surface area contributed by atoms with Crippen LogP contribution < -0.4 is 5.32 Å². The first kappa shape index (κ1) is 24.2. The second-order valence-electron chi connectivity index (χ2n) is 7.40. The quantitative estimate of drug-likeness (QED) is 0.397. The van der Waals surface area contributed by atoms with Crippen molar-refractivity contribution in [3.05, 3.63) is 66.1 Å². The minimum absolute atomic E-state index is 0.126. The molecular formula is C23H35NO3S. The number of allylic oxidation sites excluding steroid dienone is 4. The van der Waals surface area contributed by atoms with Crippen LogP contribution in [0.1, 0.15) is 34.6 Å². The van der Waals surface area contributed by atoms with Gasteiger partial charge in [-0.25, -0.2) is 0 Å². The molecular weight excluding hydrogens is 370 g/mol. The van der Waals surface area contributed by atoms with Crippen molar-refractivity contribution in [1.29, 1.82) is 0 Å². The summed E-state index contributed by atoms with van der Waals surface area (Å²) in [6, 6.07) is 10.2. The van der Waals surface area contributed by atoms with Crippen LogP contribution in [0, 0.1) is 0 Å². The molecule has 0 radical (unpaired) electrons. The summed E-state index contributed by atoms with van der Waals surface area (Å²) in [4.78, 5) is 13.0. The van der Waals surface area contributed by atoms with Crippen molar-refractivity contribution in [2.75, 3.05) is 13.7 Å². The van der Waals surface area contributed by atoms with Crippen molar-refractivity contribution in [2.45, 2.75) is 56.4 Å². The zero-order valence-electron chi connectivity index (χ0n) is 18.0. The maximum atomic E-state index is 10.8. The van der Waals surface area contributed by atoms with Gasteiger partial charge in [0.1, 0.15) is 6.10 Å². The monoisotopic (exact) mass is 405 g/mol. The van der Waals surface area contributed by atoms with Gasteiger partial charge < -0.3 is 14.2 Å².